The van der Waals surface area contributed by atoms with Crippen LogP contribution in [-0.4, -0.2) is 33.2 Å². The number of furan rings is 1. The number of pyridine rings is 1. The zero-order valence-corrected chi connectivity index (χ0v) is 12.4. The normalized spacial score (nSPS) is 10.5. The highest BCUT2D eigenvalue weighted by Gasteiger charge is 2.07. The van der Waals surface area contributed by atoms with Crippen molar-refractivity contribution in [2.24, 2.45) is 0 Å². The molecule has 0 unspecified atom stereocenters. The Labute approximate surface area is 133 Å². The van der Waals surface area contributed by atoms with E-state index in [1.165, 1.54) is 0 Å². The monoisotopic (exact) mass is 311 g/mol. The second-order valence-corrected chi connectivity index (χ2v) is 4.78. The molecular formula is C16H17N5O2. The lowest BCUT2D eigenvalue weighted by Crippen LogP contribution is -2.11. The van der Waals surface area contributed by atoms with E-state index in [1.54, 1.807) is 18.7 Å². The van der Waals surface area contributed by atoms with Gasteiger partial charge in [0.05, 0.1) is 25.1 Å². The number of nitrogens with zero attached hydrogens (tertiary/aromatic N) is 3. The van der Waals surface area contributed by atoms with Gasteiger partial charge in [0.15, 0.2) is 0 Å². The Morgan fingerprint density at radius 3 is 2.70 bits per heavy atom. The van der Waals surface area contributed by atoms with Crippen molar-refractivity contribution in [3.05, 3.63) is 54.7 Å². The molecule has 0 amide bonds. The van der Waals surface area contributed by atoms with Gasteiger partial charge in [0.1, 0.15) is 11.6 Å². The molecule has 3 rings (SSSR count). The van der Waals surface area contributed by atoms with Gasteiger partial charge in [0.2, 0.25) is 5.95 Å². The SMILES string of the molecule is OCCNc1nc(NCc2ccco2)cc(-c2ccncc2)n1. The van der Waals surface area contributed by atoms with Gasteiger partial charge in [-0.3, -0.25) is 4.98 Å². The molecule has 0 aliphatic heterocycles. The fraction of sp³-hybridized carbons (Fsp3) is 0.188. The van der Waals surface area contributed by atoms with Gasteiger partial charge in [-0.25, -0.2) is 4.98 Å². The minimum atomic E-state index is 0.0119. The summed E-state index contributed by atoms with van der Waals surface area (Å²) < 4.78 is 5.30. The van der Waals surface area contributed by atoms with Crippen LogP contribution in [0.2, 0.25) is 0 Å². The van der Waals surface area contributed by atoms with Crippen molar-refractivity contribution in [2.75, 3.05) is 23.8 Å². The van der Waals surface area contributed by atoms with Gasteiger partial charge in [-0.1, -0.05) is 0 Å². The van der Waals surface area contributed by atoms with Gasteiger partial charge in [-0.15, -0.1) is 0 Å². The zero-order valence-electron chi connectivity index (χ0n) is 12.4. The van der Waals surface area contributed by atoms with Gasteiger partial charge < -0.3 is 20.2 Å². The van der Waals surface area contributed by atoms with Crippen LogP contribution in [0.5, 0.6) is 0 Å². The molecule has 0 atom stereocenters. The van der Waals surface area contributed by atoms with Crippen LogP contribution >= 0.6 is 0 Å². The van der Waals surface area contributed by atoms with Crippen molar-refractivity contribution in [2.45, 2.75) is 6.54 Å². The van der Waals surface area contributed by atoms with Crippen molar-refractivity contribution < 1.29 is 9.52 Å². The maximum Gasteiger partial charge on any atom is 0.225 e. The number of rotatable bonds is 7. The Balaban J connectivity index is 1.84. The van der Waals surface area contributed by atoms with E-state index in [-0.39, 0.29) is 6.61 Å². The average molecular weight is 311 g/mol. The first-order valence-electron chi connectivity index (χ1n) is 7.25. The van der Waals surface area contributed by atoms with Crippen molar-refractivity contribution >= 4 is 11.8 Å². The van der Waals surface area contributed by atoms with E-state index >= 15 is 0 Å². The third kappa shape index (κ3) is 4.04. The Morgan fingerprint density at radius 1 is 1.09 bits per heavy atom. The number of hydrogen-bond donors (Lipinski definition) is 3. The molecule has 0 saturated carbocycles. The lowest BCUT2D eigenvalue weighted by atomic mass is 10.2. The lowest BCUT2D eigenvalue weighted by molar-refractivity contribution is 0.311. The third-order valence-electron chi connectivity index (χ3n) is 3.12. The summed E-state index contributed by atoms with van der Waals surface area (Å²) in [4.78, 5) is 12.9. The molecule has 3 aromatic heterocycles. The maximum atomic E-state index is 8.96. The predicted octanol–water partition coefficient (Wildman–Crippen LogP) is 2.15. The lowest BCUT2D eigenvalue weighted by Gasteiger charge is -2.10. The van der Waals surface area contributed by atoms with Gasteiger partial charge in [0.25, 0.3) is 0 Å². The first-order valence-corrected chi connectivity index (χ1v) is 7.25. The summed E-state index contributed by atoms with van der Waals surface area (Å²) >= 11 is 0. The number of nitrogens with one attached hydrogen (secondary N) is 2. The fourth-order valence-corrected chi connectivity index (χ4v) is 2.05. The van der Waals surface area contributed by atoms with Crippen LogP contribution in [0.3, 0.4) is 0 Å². The van der Waals surface area contributed by atoms with Crippen LogP contribution in [-0.2, 0) is 6.54 Å². The van der Waals surface area contributed by atoms with Gasteiger partial charge in [0, 0.05) is 30.6 Å². The third-order valence-corrected chi connectivity index (χ3v) is 3.12. The highest BCUT2D eigenvalue weighted by molar-refractivity contribution is 5.63. The summed E-state index contributed by atoms with van der Waals surface area (Å²) in [7, 11) is 0. The van der Waals surface area contributed by atoms with Crippen LogP contribution in [0.25, 0.3) is 11.3 Å². The summed E-state index contributed by atoms with van der Waals surface area (Å²) in [6.45, 7) is 0.925. The fourth-order valence-electron chi connectivity index (χ4n) is 2.05. The zero-order chi connectivity index (χ0) is 15.9. The number of aromatic nitrogens is 3. The number of aliphatic hydroxyl groups is 1. The smallest absolute Gasteiger partial charge is 0.225 e. The number of aliphatic hydroxyl groups excluding tert-OH is 1. The summed E-state index contributed by atoms with van der Waals surface area (Å²) in [6.07, 6.45) is 5.07. The summed E-state index contributed by atoms with van der Waals surface area (Å²) in [5, 5.41) is 15.2. The average Bonchev–Trinajstić information content (AvgIpc) is 3.12. The highest BCUT2D eigenvalue weighted by atomic mass is 16.3. The summed E-state index contributed by atoms with van der Waals surface area (Å²) in [5.41, 5.74) is 1.71. The minimum absolute atomic E-state index is 0.0119. The van der Waals surface area contributed by atoms with Crippen LogP contribution in [0.15, 0.2) is 53.4 Å². The second-order valence-electron chi connectivity index (χ2n) is 4.78. The largest absolute Gasteiger partial charge is 0.467 e. The Kier molecular flexibility index (Phi) is 4.80. The standard InChI is InChI=1S/C16H17N5O2/c22-8-7-18-16-20-14(12-3-5-17-6-4-12)10-15(21-16)19-11-13-2-1-9-23-13/h1-6,9-10,22H,7-8,11H2,(H2,18,19,20,21). The van der Waals surface area contributed by atoms with E-state index < -0.39 is 0 Å². The van der Waals surface area contributed by atoms with E-state index in [4.69, 9.17) is 9.52 Å². The Morgan fingerprint density at radius 2 is 1.96 bits per heavy atom. The summed E-state index contributed by atoms with van der Waals surface area (Å²) in [5.74, 6) is 1.94. The molecule has 118 valence electrons. The van der Waals surface area contributed by atoms with Crippen molar-refractivity contribution in [3.63, 3.8) is 0 Å². The highest BCUT2D eigenvalue weighted by Crippen LogP contribution is 2.21. The molecule has 0 saturated heterocycles. The predicted molar refractivity (Wildman–Crippen MR) is 86.9 cm³/mol. The second kappa shape index (κ2) is 7.37. The minimum Gasteiger partial charge on any atom is -0.467 e. The molecule has 0 bridgehead atoms. The topological polar surface area (TPSA) is 96.1 Å². The number of hydrogen-bond acceptors (Lipinski definition) is 7. The molecule has 7 nitrogen and oxygen atoms in total. The van der Waals surface area contributed by atoms with E-state index in [0.717, 1.165) is 17.0 Å². The van der Waals surface area contributed by atoms with Gasteiger partial charge in [-0.2, -0.15) is 4.98 Å². The molecule has 0 aliphatic rings. The molecule has 0 aliphatic carbocycles. The quantitative estimate of drug-likeness (QED) is 0.615. The molecular weight excluding hydrogens is 294 g/mol. The molecule has 0 spiro atoms. The Bertz CT molecular complexity index is 731. The van der Waals surface area contributed by atoms with Gasteiger partial charge in [-0.05, 0) is 24.3 Å². The molecule has 7 heteroatoms. The molecule has 3 heterocycles. The first-order chi connectivity index (χ1) is 11.3. The molecule has 0 aromatic carbocycles. The number of anilines is 2. The molecule has 3 aromatic rings. The van der Waals surface area contributed by atoms with E-state index in [9.17, 15) is 0 Å². The molecule has 23 heavy (non-hydrogen) atoms. The van der Waals surface area contributed by atoms with Crippen LogP contribution in [0.4, 0.5) is 11.8 Å². The van der Waals surface area contributed by atoms with E-state index in [2.05, 4.69) is 25.6 Å². The molecule has 0 fully saturated rings. The van der Waals surface area contributed by atoms with Crippen molar-refractivity contribution in [3.8, 4) is 11.3 Å². The van der Waals surface area contributed by atoms with Gasteiger partial charge >= 0.3 is 0 Å². The van der Waals surface area contributed by atoms with Crippen LogP contribution < -0.4 is 10.6 Å². The van der Waals surface area contributed by atoms with Crippen molar-refractivity contribution in [1.29, 1.82) is 0 Å². The first kappa shape index (κ1) is 15.0. The van der Waals surface area contributed by atoms with E-state index in [1.807, 2.05) is 30.3 Å². The van der Waals surface area contributed by atoms with Crippen LogP contribution in [0.1, 0.15) is 5.76 Å². The Hall–Kier alpha value is -2.93. The maximum absolute atomic E-state index is 8.96. The van der Waals surface area contributed by atoms with E-state index in [0.29, 0.717) is 24.9 Å². The van der Waals surface area contributed by atoms with Crippen LogP contribution in [0, 0.1) is 0 Å². The molecule has 0 radical (unpaired) electrons. The van der Waals surface area contributed by atoms with Crippen molar-refractivity contribution in [1.82, 2.24) is 15.0 Å². The molecule has 3 N–H and O–H groups in total. The summed E-state index contributed by atoms with van der Waals surface area (Å²) in [6, 6.07) is 9.36.